The van der Waals surface area contributed by atoms with Crippen molar-refractivity contribution in [2.75, 3.05) is 19.9 Å². The summed E-state index contributed by atoms with van der Waals surface area (Å²) in [5.74, 6) is 1.30. The fourth-order valence-electron chi connectivity index (χ4n) is 3.68. The molecule has 1 atom stereocenters. The summed E-state index contributed by atoms with van der Waals surface area (Å²) in [5.41, 5.74) is 1.65. The number of pyridine rings is 1. The second kappa shape index (κ2) is 7.88. The van der Waals surface area contributed by atoms with Crippen LogP contribution in [0.5, 0.6) is 11.5 Å². The summed E-state index contributed by atoms with van der Waals surface area (Å²) in [4.78, 5) is 30.7. The first kappa shape index (κ1) is 18.3. The van der Waals surface area contributed by atoms with Gasteiger partial charge >= 0.3 is 0 Å². The zero-order valence-electron chi connectivity index (χ0n) is 15.8. The van der Waals surface area contributed by atoms with Crippen molar-refractivity contribution >= 4 is 11.8 Å². The monoisotopic (exact) mass is 381 g/mol. The summed E-state index contributed by atoms with van der Waals surface area (Å²) in [5, 5.41) is 3.15. The fraction of sp³-hybridized carbons (Fsp3) is 0.381. The maximum absolute atomic E-state index is 13.0. The van der Waals surface area contributed by atoms with E-state index in [-0.39, 0.29) is 30.6 Å². The minimum absolute atomic E-state index is 0.0171. The number of carbonyl (C=O) groups is 2. The smallest absolute Gasteiger partial charge is 0.231 e. The maximum Gasteiger partial charge on any atom is 0.231 e. The number of benzene rings is 1. The number of hydrogen-bond donors (Lipinski definition) is 1. The topological polar surface area (TPSA) is 80.8 Å². The lowest BCUT2D eigenvalue weighted by atomic mass is 9.94. The molecule has 1 N–H and O–H groups in total. The van der Waals surface area contributed by atoms with Gasteiger partial charge < -0.3 is 19.7 Å². The average Bonchev–Trinajstić information content (AvgIpc) is 3.20. The number of nitrogens with zero attached hydrogens (tertiary/aromatic N) is 2. The summed E-state index contributed by atoms with van der Waals surface area (Å²) in [7, 11) is 0. The molecule has 7 nitrogen and oxygen atoms in total. The molecular weight excluding hydrogens is 358 g/mol. The van der Waals surface area contributed by atoms with Gasteiger partial charge in [0.2, 0.25) is 18.6 Å². The van der Waals surface area contributed by atoms with E-state index >= 15 is 0 Å². The van der Waals surface area contributed by atoms with E-state index in [1.807, 2.05) is 36.4 Å². The number of aromatic nitrogens is 1. The van der Waals surface area contributed by atoms with E-state index in [4.69, 9.17) is 9.47 Å². The van der Waals surface area contributed by atoms with E-state index in [0.29, 0.717) is 37.4 Å². The van der Waals surface area contributed by atoms with Gasteiger partial charge in [0, 0.05) is 32.1 Å². The van der Waals surface area contributed by atoms with Gasteiger partial charge in [-0.1, -0.05) is 12.1 Å². The Morgan fingerprint density at radius 1 is 1.14 bits per heavy atom. The first-order chi connectivity index (χ1) is 13.6. The number of piperidine rings is 1. The highest BCUT2D eigenvalue weighted by Crippen LogP contribution is 2.35. The van der Waals surface area contributed by atoms with Crippen LogP contribution in [0.1, 0.15) is 37.1 Å². The van der Waals surface area contributed by atoms with Crippen LogP contribution in [0, 0.1) is 5.92 Å². The molecule has 0 spiro atoms. The Kier molecular flexibility index (Phi) is 5.14. The molecule has 28 heavy (non-hydrogen) atoms. The third-order valence-electron chi connectivity index (χ3n) is 5.31. The molecule has 146 valence electrons. The van der Waals surface area contributed by atoms with Crippen molar-refractivity contribution in [3.05, 3.63) is 53.9 Å². The lowest BCUT2D eigenvalue weighted by Crippen LogP contribution is -2.43. The highest BCUT2D eigenvalue weighted by Gasteiger charge is 2.29. The van der Waals surface area contributed by atoms with E-state index in [9.17, 15) is 9.59 Å². The number of hydrogen-bond acceptors (Lipinski definition) is 5. The van der Waals surface area contributed by atoms with Crippen LogP contribution in [0.2, 0.25) is 0 Å². The summed E-state index contributed by atoms with van der Waals surface area (Å²) in [6.45, 7) is 3.00. The number of carbonyl (C=O) groups excluding carboxylic acids is 2. The zero-order valence-corrected chi connectivity index (χ0v) is 15.8. The molecule has 2 aromatic rings. The van der Waals surface area contributed by atoms with Gasteiger partial charge in [-0.05, 0) is 42.7 Å². The summed E-state index contributed by atoms with van der Waals surface area (Å²) in [6, 6.07) is 10.9. The second-order valence-electron chi connectivity index (χ2n) is 7.09. The van der Waals surface area contributed by atoms with Crippen LogP contribution >= 0.6 is 0 Å². The number of nitrogens with one attached hydrogen (secondary N) is 1. The lowest BCUT2D eigenvalue weighted by molar-refractivity contribution is -0.134. The second-order valence-corrected chi connectivity index (χ2v) is 7.09. The van der Waals surface area contributed by atoms with Gasteiger partial charge in [0.05, 0.1) is 11.7 Å². The summed E-state index contributed by atoms with van der Waals surface area (Å²) >= 11 is 0. The molecule has 0 radical (unpaired) electrons. The number of rotatable bonds is 4. The van der Waals surface area contributed by atoms with E-state index in [1.54, 1.807) is 18.0 Å². The minimum Gasteiger partial charge on any atom is -0.454 e. The number of ether oxygens (including phenoxy) is 2. The largest absolute Gasteiger partial charge is 0.454 e. The minimum atomic E-state index is -0.381. The van der Waals surface area contributed by atoms with Crippen LogP contribution in [-0.4, -0.2) is 41.6 Å². The molecule has 2 aliphatic heterocycles. The molecule has 0 bridgehead atoms. The van der Waals surface area contributed by atoms with Crippen molar-refractivity contribution in [1.82, 2.24) is 15.2 Å². The number of fused-ring (bicyclic) bond motifs is 1. The van der Waals surface area contributed by atoms with Crippen molar-refractivity contribution in [2.45, 2.75) is 25.8 Å². The van der Waals surface area contributed by atoms with E-state index in [0.717, 1.165) is 11.3 Å². The molecule has 1 saturated heterocycles. The van der Waals surface area contributed by atoms with Gasteiger partial charge in [0.25, 0.3) is 0 Å². The first-order valence-corrected chi connectivity index (χ1v) is 9.48. The van der Waals surface area contributed by atoms with Gasteiger partial charge in [0.15, 0.2) is 11.5 Å². The number of likely N-dealkylation sites (tertiary alicyclic amines) is 1. The predicted molar refractivity (Wildman–Crippen MR) is 102 cm³/mol. The molecule has 2 amide bonds. The average molecular weight is 381 g/mol. The molecule has 0 saturated carbocycles. The normalized spacial score (nSPS) is 17.2. The van der Waals surface area contributed by atoms with Crippen molar-refractivity contribution in [1.29, 1.82) is 0 Å². The molecule has 1 fully saturated rings. The molecule has 1 aromatic heterocycles. The maximum atomic E-state index is 13.0. The summed E-state index contributed by atoms with van der Waals surface area (Å²) < 4.78 is 10.9. The van der Waals surface area contributed by atoms with Gasteiger partial charge in [0.1, 0.15) is 0 Å². The first-order valence-electron chi connectivity index (χ1n) is 9.48. The Morgan fingerprint density at radius 3 is 2.64 bits per heavy atom. The van der Waals surface area contributed by atoms with Gasteiger partial charge in [-0.25, -0.2) is 0 Å². The van der Waals surface area contributed by atoms with Crippen molar-refractivity contribution in [3.8, 4) is 11.5 Å². The van der Waals surface area contributed by atoms with Gasteiger partial charge in [-0.15, -0.1) is 0 Å². The third-order valence-corrected chi connectivity index (χ3v) is 5.31. The summed E-state index contributed by atoms with van der Waals surface area (Å²) in [6.07, 6.45) is 3.05. The number of amides is 2. The SMILES string of the molecule is CC(=O)N1CCC(C(=O)NC(c2ccc3c(c2)OCO3)c2ccccn2)CC1. The highest BCUT2D eigenvalue weighted by molar-refractivity contribution is 5.80. The van der Waals surface area contributed by atoms with Crippen LogP contribution in [-0.2, 0) is 9.59 Å². The Morgan fingerprint density at radius 2 is 1.93 bits per heavy atom. The Balaban J connectivity index is 1.53. The van der Waals surface area contributed by atoms with Crippen molar-refractivity contribution in [2.24, 2.45) is 5.92 Å². The fourth-order valence-corrected chi connectivity index (χ4v) is 3.68. The van der Waals surface area contributed by atoms with Crippen LogP contribution in [0.3, 0.4) is 0 Å². The Bertz CT molecular complexity index is 863. The highest BCUT2D eigenvalue weighted by atomic mass is 16.7. The zero-order chi connectivity index (χ0) is 19.5. The van der Waals surface area contributed by atoms with Crippen LogP contribution in [0.25, 0.3) is 0 Å². The molecule has 1 aromatic carbocycles. The van der Waals surface area contributed by atoms with Crippen molar-refractivity contribution < 1.29 is 19.1 Å². The standard InChI is InChI=1S/C21H23N3O4/c1-14(25)24-10-7-15(8-11-24)21(26)23-20(17-4-2-3-9-22-17)16-5-6-18-19(12-16)28-13-27-18/h2-6,9,12,15,20H,7-8,10-11,13H2,1H3,(H,23,26). The van der Waals surface area contributed by atoms with Crippen LogP contribution < -0.4 is 14.8 Å². The Hall–Kier alpha value is -3.09. The lowest BCUT2D eigenvalue weighted by Gasteiger charge is -2.31. The quantitative estimate of drug-likeness (QED) is 0.879. The van der Waals surface area contributed by atoms with Crippen molar-refractivity contribution in [3.63, 3.8) is 0 Å². The van der Waals surface area contributed by atoms with E-state index < -0.39 is 0 Å². The van der Waals surface area contributed by atoms with Crippen LogP contribution in [0.4, 0.5) is 0 Å². The molecule has 3 heterocycles. The molecule has 4 rings (SSSR count). The van der Waals surface area contributed by atoms with E-state index in [2.05, 4.69) is 10.3 Å². The Labute approximate surface area is 163 Å². The molecule has 7 heteroatoms. The molecular formula is C21H23N3O4. The molecule has 0 aliphatic carbocycles. The molecule has 2 aliphatic rings. The van der Waals surface area contributed by atoms with Crippen LogP contribution in [0.15, 0.2) is 42.6 Å². The third kappa shape index (κ3) is 3.78. The molecule has 1 unspecified atom stereocenters. The predicted octanol–water partition coefficient (Wildman–Crippen LogP) is 2.27. The van der Waals surface area contributed by atoms with Gasteiger partial charge in [-0.2, -0.15) is 0 Å². The van der Waals surface area contributed by atoms with E-state index in [1.165, 1.54) is 0 Å². The van der Waals surface area contributed by atoms with Gasteiger partial charge in [-0.3, -0.25) is 14.6 Å².